The summed E-state index contributed by atoms with van der Waals surface area (Å²) in [4.78, 5) is 22.2. The lowest BCUT2D eigenvalue weighted by molar-refractivity contribution is 0.0710. The third-order valence-electron chi connectivity index (χ3n) is 5.95. The Hall–Kier alpha value is -2.19. The number of hydrogen-bond acceptors (Lipinski definition) is 5. The summed E-state index contributed by atoms with van der Waals surface area (Å²) in [5, 5.41) is 8.98. The van der Waals surface area contributed by atoms with Crippen LogP contribution in [-0.4, -0.2) is 86.7 Å². The predicted octanol–water partition coefficient (Wildman–Crippen LogP) is 0.910. The highest BCUT2D eigenvalue weighted by Crippen LogP contribution is 2.27. The summed E-state index contributed by atoms with van der Waals surface area (Å²) in [6.45, 7) is 6.79. The van der Waals surface area contributed by atoms with Crippen molar-refractivity contribution >= 4 is 5.91 Å². The zero-order chi connectivity index (χ0) is 18.8. The van der Waals surface area contributed by atoms with Crippen LogP contribution in [0.2, 0.25) is 0 Å². The molecule has 0 aliphatic carbocycles. The van der Waals surface area contributed by atoms with Gasteiger partial charge in [-0.2, -0.15) is 0 Å². The van der Waals surface area contributed by atoms with Crippen molar-refractivity contribution < 1.29 is 4.79 Å². The normalized spacial score (nSPS) is 20.3. The topological polar surface area (TPSA) is 73.3 Å². The summed E-state index contributed by atoms with van der Waals surface area (Å²) < 4.78 is 2.17. The summed E-state index contributed by atoms with van der Waals surface area (Å²) in [6, 6.07) is 1.84. The van der Waals surface area contributed by atoms with Crippen molar-refractivity contribution in [3.63, 3.8) is 0 Å². The van der Waals surface area contributed by atoms with Crippen molar-refractivity contribution in [2.75, 3.05) is 46.3 Å². The maximum absolute atomic E-state index is 12.5. The van der Waals surface area contributed by atoms with E-state index >= 15 is 0 Å². The number of piperazine rings is 1. The fraction of sp³-hybridized carbons (Fsp3) is 0.632. The van der Waals surface area contributed by atoms with E-state index in [2.05, 4.69) is 43.6 Å². The molecular formula is C19H29N7O. The third-order valence-corrected chi connectivity index (χ3v) is 5.95. The van der Waals surface area contributed by atoms with Gasteiger partial charge in [-0.1, -0.05) is 0 Å². The number of amides is 1. The molecule has 27 heavy (non-hydrogen) atoms. The molecule has 2 aliphatic heterocycles. The molecule has 2 aliphatic rings. The second kappa shape index (κ2) is 7.82. The van der Waals surface area contributed by atoms with E-state index in [0.717, 1.165) is 75.9 Å². The molecule has 0 spiro atoms. The van der Waals surface area contributed by atoms with Crippen molar-refractivity contribution in [2.24, 2.45) is 7.05 Å². The van der Waals surface area contributed by atoms with Gasteiger partial charge in [-0.3, -0.25) is 9.69 Å². The standard InChI is InChI=1S/C19H29N7O/c1-23-9-11-25(12-10-23)14-17-21-22-18(24(17)2)15-4-7-26(8-5-15)19(27)16-3-6-20-13-16/h3,6,13,15,20H,4-5,7-12,14H2,1-2H3. The van der Waals surface area contributed by atoms with E-state index in [-0.39, 0.29) is 5.91 Å². The molecule has 0 bridgehead atoms. The second-order valence-corrected chi connectivity index (χ2v) is 7.78. The quantitative estimate of drug-likeness (QED) is 0.865. The average molecular weight is 371 g/mol. The molecule has 8 nitrogen and oxygen atoms in total. The number of H-pyrrole nitrogens is 1. The van der Waals surface area contributed by atoms with Gasteiger partial charge in [-0.25, -0.2) is 0 Å². The molecule has 0 unspecified atom stereocenters. The molecule has 2 saturated heterocycles. The number of aromatic amines is 1. The SMILES string of the molecule is CN1CCN(Cc2nnc(C3CCN(C(=O)c4cc[nH]c4)CC3)n2C)CC1. The predicted molar refractivity (Wildman–Crippen MR) is 102 cm³/mol. The van der Waals surface area contributed by atoms with Crippen LogP contribution in [0.3, 0.4) is 0 Å². The van der Waals surface area contributed by atoms with Gasteiger partial charge in [-0.05, 0) is 26.0 Å². The lowest BCUT2D eigenvalue weighted by atomic mass is 9.95. The highest BCUT2D eigenvalue weighted by Gasteiger charge is 2.28. The molecule has 1 amide bonds. The molecule has 2 aromatic heterocycles. The van der Waals surface area contributed by atoms with Gasteiger partial charge in [-0.15, -0.1) is 10.2 Å². The Morgan fingerprint density at radius 2 is 1.85 bits per heavy atom. The van der Waals surface area contributed by atoms with E-state index in [9.17, 15) is 4.79 Å². The van der Waals surface area contributed by atoms with Gasteiger partial charge in [0.15, 0.2) is 0 Å². The lowest BCUT2D eigenvalue weighted by Crippen LogP contribution is -2.44. The Labute approximate surface area is 160 Å². The summed E-state index contributed by atoms with van der Waals surface area (Å²) in [6.07, 6.45) is 5.44. The van der Waals surface area contributed by atoms with E-state index in [4.69, 9.17) is 0 Å². The highest BCUT2D eigenvalue weighted by molar-refractivity contribution is 5.94. The summed E-state index contributed by atoms with van der Waals surface area (Å²) in [5.74, 6) is 2.59. The number of hydrogen-bond donors (Lipinski definition) is 1. The zero-order valence-corrected chi connectivity index (χ0v) is 16.3. The largest absolute Gasteiger partial charge is 0.367 e. The number of likely N-dealkylation sites (tertiary alicyclic amines) is 1. The number of nitrogens with zero attached hydrogens (tertiary/aromatic N) is 6. The molecule has 1 N–H and O–H groups in total. The number of carbonyl (C=O) groups is 1. The van der Waals surface area contributed by atoms with Crippen molar-refractivity contribution in [1.82, 2.24) is 34.4 Å². The molecule has 2 fully saturated rings. The van der Waals surface area contributed by atoms with Crippen molar-refractivity contribution in [3.05, 3.63) is 35.7 Å². The Morgan fingerprint density at radius 1 is 1.11 bits per heavy atom. The highest BCUT2D eigenvalue weighted by atomic mass is 16.2. The summed E-state index contributed by atoms with van der Waals surface area (Å²) >= 11 is 0. The fourth-order valence-electron chi connectivity index (χ4n) is 4.05. The van der Waals surface area contributed by atoms with Gasteiger partial charge >= 0.3 is 0 Å². The van der Waals surface area contributed by atoms with Gasteiger partial charge in [0.25, 0.3) is 5.91 Å². The Morgan fingerprint density at radius 3 is 2.52 bits per heavy atom. The molecule has 0 aromatic carbocycles. The average Bonchev–Trinajstić information content (AvgIpc) is 3.34. The number of likely N-dealkylation sites (N-methyl/N-ethyl adjacent to an activating group) is 1. The van der Waals surface area contributed by atoms with Gasteiger partial charge in [0.1, 0.15) is 11.6 Å². The van der Waals surface area contributed by atoms with Crippen molar-refractivity contribution in [2.45, 2.75) is 25.3 Å². The zero-order valence-electron chi connectivity index (χ0n) is 16.3. The van der Waals surface area contributed by atoms with Crippen LogP contribution in [0.5, 0.6) is 0 Å². The Kier molecular flexibility index (Phi) is 5.27. The number of carbonyl (C=O) groups excluding carboxylic acids is 1. The first kappa shape index (κ1) is 18.2. The van der Waals surface area contributed by atoms with Gasteiger partial charge in [0.2, 0.25) is 0 Å². The molecule has 146 valence electrons. The van der Waals surface area contributed by atoms with Crippen LogP contribution < -0.4 is 0 Å². The first-order chi connectivity index (χ1) is 13.1. The number of nitrogens with one attached hydrogen (secondary N) is 1. The minimum absolute atomic E-state index is 0.114. The van der Waals surface area contributed by atoms with Crippen molar-refractivity contribution in [3.8, 4) is 0 Å². The summed E-state index contributed by atoms with van der Waals surface area (Å²) in [7, 11) is 4.25. The van der Waals surface area contributed by atoms with E-state index in [1.165, 1.54) is 0 Å². The van der Waals surface area contributed by atoms with Crippen LogP contribution in [0.15, 0.2) is 18.5 Å². The summed E-state index contributed by atoms with van der Waals surface area (Å²) in [5.41, 5.74) is 0.738. The molecule has 0 radical (unpaired) electrons. The smallest absolute Gasteiger partial charge is 0.255 e. The fourth-order valence-corrected chi connectivity index (χ4v) is 4.05. The first-order valence-electron chi connectivity index (χ1n) is 9.83. The molecule has 2 aromatic rings. The molecular weight excluding hydrogens is 342 g/mol. The molecule has 0 saturated carbocycles. The van der Waals surface area contributed by atoms with Crippen LogP contribution in [0.1, 0.15) is 40.8 Å². The first-order valence-corrected chi connectivity index (χ1v) is 9.83. The molecule has 8 heteroatoms. The monoisotopic (exact) mass is 371 g/mol. The minimum Gasteiger partial charge on any atom is -0.367 e. The Bertz CT molecular complexity index is 753. The van der Waals surface area contributed by atoms with Gasteiger partial charge in [0.05, 0.1) is 12.1 Å². The van der Waals surface area contributed by atoms with Crippen molar-refractivity contribution in [1.29, 1.82) is 0 Å². The van der Waals surface area contributed by atoms with E-state index in [0.29, 0.717) is 5.92 Å². The van der Waals surface area contributed by atoms with Crippen LogP contribution in [0.25, 0.3) is 0 Å². The van der Waals surface area contributed by atoms with Gasteiger partial charge < -0.3 is 19.4 Å². The second-order valence-electron chi connectivity index (χ2n) is 7.78. The third kappa shape index (κ3) is 3.91. The van der Waals surface area contributed by atoms with Crippen LogP contribution in [0.4, 0.5) is 0 Å². The molecule has 0 atom stereocenters. The molecule has 4 heterocycles. The van der Waals surface area contributed by atoms with Crippen LogP contribution >= 0.6 is 0 Å². The van der Waals surface area contributed by atoms with E-state index < -0.39 is 0 Å². The molecule has 4 rings (SSSR count). The minimum atomic E-state index is 0.114. The van der Waals surface area contributed by atoms with Gasteiger partial charge in [0, 0.05) is 64.6 Å². The number of piperidine rings is 1. The van der Waals surface area contributed by atoms with Crippen LogP contribution in [-0.2, 0) is 13.6 Å². The number of aromatic nitrogens is 4. The lowest BCUT2D eigenvalue weighted by Gasteiger charge is -2.32. The maximum Gasteiger partial charge on any atom is 0.255 e. The van der Waals surface area contributed by atoms with Crippen LogP contribution in [0, 0.1) is 0 Å². The maximum atomic E-state index is 12.5. The van der Waals surface area contributed by atoms with E-state index in [1.54, 1.807) is 12.4 Å². The Balaban J connectivity index is 1.35. The van der Waals surface area contributed by atoms with E-state index in [1.807, 2.05) is 11.0 Å². The number of rotatable bonds is 4.